The van der Waals surface area contributed by atoms with Crippen LogP contribution in [0.4, 0.5) is 13.2 Å². The molecule has 106 valence electrons. The molecule has 0 aliphatic carbocycles. The maximum atomic E-state index is 13.1. The molecule has 0 bridgehead atoms. The third-order valence-corrected chi connectivity index (χ3v) is 2.95. The van der Waals surface area contributed by atoms with Crippen LogP contribution in [0.3, 0.4) is 0 Å². The van der Waals surface area contributed by atoms with Crippen LogP contribution in [0.15, 0.2) is 30.3 Å². The van der Waals surface area contributed by atoms with Gasteiger partial charge >= 0.3 is 6.18 Å². The molecule has 1 aliphatic rings. The van der Waals surface area contributed by atoms with E-state index in [0.29, 0.717) is 19.8 Å². The third kappa shape index (κ3) is 3.68. The number of morpholine rings is 1. The number of nitrogens with zero attached hydrogens (tertiary/aromatic N) is 1. The highest BCUT2D eigenvalue weighted by atomic mass is 19.4. The molecule has 1 aliphatic heterocycles. The molecule has 1 fully saturated rings. The first kappa shape index (κ1) is 14.3. The van der Waals surface area contributed by atoms with Crippen molar-refractivity contribution in [3.8, 4) is 0 Å². The normalized spacial score (nSPS) is 23.3. The maximum absolute atomic E-state index is 13.1. The molecule has 0 amide bonds. The van der Waals surface area contributed by atoms with Crippen LogP contribution in [0.25, 0.3) is 0 Å². The van der Waals surface area contributed by atoms with Crippen LogP contribution in [-0.4, -0.2) is 37.0 Å². The molecular weight excluding hydrogens is 259 g/mol. The summed E-state index contributed by atoms with van der Waals surface area (Å²) in [4.78, 5) is 5.18. The summed E-state index contributed by atoms with van der Waals surface area (Å²) >= 11 is 0. The van der Waals surface area contributed by atoms with Gasteiger partial charge in [0.25, 0.3) is 0 Å². The Morgan fingerprint density at radius 3 is 2.58 bits per heavy atom. The smallest absolute Gasteiger partial charge is 0.378 e. The van der Waals surface area contributed by atoms with Gasteiger partial charge in [-0.3, -0.25) is 4.84 Å². The average molecular weight is 275 g/mol. The third-order valence-electron chi connectivity index (χ3n) is 2.95. The van der Waals surface area contributed by atoms with E-state index in [9.17, 15) is 13.2 Å². The van der Waals surface area contributed by atoms with Gasteiger partial charge in [0.05, 0.1) is 19.3 Å². The van der Waals surface area contributed by atoms with Crippen molar-refractivity contribution in [2.45, 2.75) is 25.2 Å². The van der Waals surface area contributed by atoms with Gasteiger partial charge in [-0.1, -0.05) is 30.3 Å². The van der Waals surface area contributed by atoms with E-state index in [2.05, 4.69) is 0 Å². The molecule has 0 aromatic heterocycles. The second-order valence-corrected chi connectivity index (χ2v) is 4.50. The van der Waals surface area contributed by atoms with E-state index < -0.39 is 12.3 Å². The van der Waals surface area contributed by atoms with Gasteiger partial charge in [-0.15, -0.1) is 0 Å². The fraction of sp³-hybridized carbons (Fsp3) is 0.538. The lowest BCUT2D eigenvalue weighted by Crippen LogP contribution is -2.45. The van der Waals surface area contributed by atoms with Crippen molar-refractivity contribution in [3.63, 3.8) is 0 Å². The van der Waals surface area contributed by atoms with Gasteiger partial charge < -0.3 is 4.74 Å². The Kier molecular flexibility index (Phi) is 4.44. The molecule has 1 unspecified atom stereocenters. The zero-order chi connectivity index (χ0) is 13.9. The summed E-state index contributed by atoms with van der Waals surface area (Å²) < 4.78 is 44.5. The first-order chi connectivity index (χ1) is 8.98. The van der Waals surface area contributed by atoms with Gasteiger partial charge in [0, 0.05) is 6.54 Å². The zero-order valence-corrected chi connectivity index (χ0v) is 10.6. The quantitative estimate of drug-likeness (QED) is 0.846. The van der Waals surface area contributed by atoms with E-state index in [4.69, 9.17) is 9.57 Å². The fourth-order valence-corrected chi connectivity index (χ4v) is 1.94. The summed E-state index contributed by atoms with van der Waals surface area (Å²) in [6.45, 7) is 2.86. The molecule has 19 heavy (non-hydrogen) atoms. The number of hydrogen-bond acceptors (Lipinski definition) is 3. The van der Waals surface area contributed by atoms with Gasteiger partial charge in [-0.25, -0.2) is 0 Å². The van der Waals surface area contributed by atoms with Crippen molar-refractivity contribution in [1.29, 1.82) is 0 Å². The van der Waals surface area contributed by atoms with Crippen LogP contribution < -0.4 is 0 Å². The lowest BCUT2D eigenvalue weighted by atomic mass is 10.1. The van der Waals surface area contributed by atoms with E-state index in [0.717, 1.165) is 0 Å². The Balaban J connectivity index is 2.15. The summed E-state index contributed by atoms with van der Waals surface area (Å²) in [5.41, 5.74) is 0.105. The number of benzene rings is 1. The van der Waals surface area contributed by atoms with E-state index >= 15 is 0 Å². The molecule has 2 rings (SSSR count). The number of alkyl halides is 3. The summed E-state index contributed by atoms with van der Waals surface area (Å²) in [5.74, 6) is 0. The highest BCUT2D eigenvalue weighted by Crippen LogP contribution is 2.36. The molecule has 0 N–H and O–H groups in total. The van der Waals surface area contributed by atoms with Crippen LogP contribution in [0, 0.1) is 0 Å². The van der Waals surface area contributed by atoms with Crippen LogP contribution in [0.5, 0.6) is 0 Å². The summed E-state index contributed by atoms with van der Waals surface area (Å²) in [5, 5.41) is 1.36. The molecule has 1 heterocycles. The highest BCUT2D eigenvalue weighted by molar-refractivity contribution is 5.18. The topological polar surface area (TPSA) is 21.7 Å². The van der Waals surface area contributed by atoms with Crippen molar-refractivity contribution in [1.82, 2.24) is 5.06 Å². The van der Waals surface area contributed by atoms with Crippen molar-refractivity contribution >= 4 is 0 Å². The van der Waals surface area contributed by atoms with E-state index in [1.54, 1.807) is 25.1 Å². The fourth-order valence-electron chi connectivity index (χ4n) is 1.94. The minimum absolute atomic E-state index is 0.105. The van der Waals surface area contributed by atoms with Crippen molar-refractivity contribution in [2.75, 3.05) is 19.8 Å². The molecule has 1 aromatic rings. The molecule has 0 radical (unpaired) electrons. The maximum Gasteiger partial charge on any atom is 0.420 e. The molecular formula is C13H16F3NO2. The first-order valence-electron chi connectivity index (χ1n) is 6.11. The van der Waals surface area contributed by atoms with Crippen molar-refractivity contribution in [2.24, 2.45) is 0 Å². The Morgan fingerprint density at radius 1 is 1.32 bits per heavy atom. The minimum Gasteiger partial charge on any atom is -0.378 e. The second-order valence-electron chi connectivity index (χ2n) is 4.50. The summed E-state index contributed by atoms with van der Waals surface area (Å²) in [6.07, 6.45) is -6.38. The molecule has 2 atom stereocenters. The van der Waals surface area contributed by atoms with Crippen molar-refractivity contribution < 1.29 is 22.7 Å². The summed E-state index contributed by atoms with van der Waals surface area (Å²) in [7, 11) is 0. The molecule has 1 saturated heterocycles. The van der Waals surface area contributed by atoms with Gasteiger partial charge in [0.1, 0.15) is 0 Å². The molecule has 0 spiro atoms. The number of ether oxygens (including phenoxy) is 1. The van der Waals surface area contributed by atoms with Crippen LogP contribution in [0.2, 0.25) is 0 Å². The number of halogens is 3. The predicted molar refractivity (Wildman–Crippen MR) is 63.3 cm³/mol. The summed E-state index contributed by atoms with van der Waals surface area (Å²) in [6, 6.07) is 7.46. The van der Waals surface area contributed by atoms with E-state index in [1.807, 2.05) is 0 Å². The first-order valence-corrected chi connectivity index (χ1v) is 6.11. The van der Waals surface area contributed by atoms with Gasteiger partial charge in [-0.2, -0.15) is 18.2 Å². The van der Waals surface area contributed by atoms with E-state index in [-0.39, 0.29) is 11.6 Å². The Labute approximate surface area is 109 Å². The predicted octanol–water partition coefficient (Wildman–Crippen LogP) is 2.94. The SMILES string of the molecule is C[C@H]1COCCN1OC(c1ccccc1)C(F)(F)F. The molecule has 3 nitrogen and oxygen atoms in total. The van der Waals surface area contributed by atoms with Gasteiger partial charge in [0.15, 0.2) is 6.10 Å². The monoisotopic (exact) mass is 275 g/mol. The van der Waals surface area contributed by atoms with Crippen molar-refractivity contribution in [3.05, 3.63) is 35.9 Å². The number of rotatable bonds is 3. The Morgan fingerprint density at radius 2 is 2.00 bits per heavy atom. The molecule has 0 saturated carbocycles. The number of hydroxylamine groups is 2. The Bertz CT molecular complexity index is 397. The molecule has 1 aromatic carbocycles. The average Bonchev–Trinajstić information content (AvgIpc) is 2.37. The lowest BCUT2D eigenvalue weighted by molar-refractivity contribution is -0.324. The van der Waals surface area contributed by atoms with Crippen LogP contribution in [-0.2, 0) is 9.57 Å². The zero-order valence-electron chi connectivity index (χ0n) is 10.6. The van der Waals surface area contributed by atoms with Crippen LogP contribution >= 0.6 is 0 Å². The van der Waals surface area contributed by atoms with E-state index in [1.165, 1.54) is 17.2 Å². The second kappa shape index (κ2) is 5.90. The van der Waals surface area contributed by atoms with Crippen LogP contribution in [0.1, 0.15) is 18.6 Å². The van der Waals surface area contributed by atoms with Gasteiger partial charge in [-0.05, 0) is 12.5 Å². The number of hydrogen-bond donors (Lipinski definition) is 0. The minimum atomic E-state index is -4.45. The van der Waals surface area contributed by atoms with Gasteiger partial charge in [0.2, 0.25) is 0 Å². The standard InChI is InChI=1S/C13H16F3NO2/c1-10-9-18-8-7-17(10)19-12(13(14,15)16)11-5-3-2-4-6-11/h2-6,10,12H,7-9H2,1H3/t10-,12?/m0/s1. The lowest BCUT2D eigenvalue weighted by Gasteiger charge is -2.35. The highest BCUT2D eigenvalue weighted by Gasteiger charge is 2.44. The molecule has 6 heteroatoms. The largest absolute Gasteiger partial charge is 0.420 e. The Hall–Kier alpha value is -1.11.